The number of carbonyl (C=O) groups is 3. The molecule has 0 aromatic rings. The van der Waals surface area contributed by atoms with Gasteiger partial charge >= 0.3 is 55.1 Å². The molecule has 0 aromatic carbocycles. The molecule has 0 fully saturated rings. The zero-order valence-electron chi connectivity index (χ0n) is 10.4. The maximum atomic E-state index is 11.1. The van der Waals surface area contributed by atoms with Crippen LogP contribution in [0, 0.1) is 0 Å². The summed E-state index contributed by atoms with van der Waals surface area (Å²) in [4.78, 5) is 49.5. The van der Waals surface area contributed by atoms with Crippen molar-refractivity contribution in [3.8, 4) is 0 Å². The van der Waals surface area contributed by atoms with Gasteiger partial charge < -0.3 is 26.5 Å². The molecule has 0 saturated carbocycles. The van der Waals surface area contributed by atoms with Crippen molar-refractivity contribution >= 4 is 25.5 Å². The minimum atomic E-state index is -5.32. The Hall–Kier alpha value is -0.440. The molecule has 0 amide bonds. The van der Waals surface area contributed by atoms with Gasteiger partial charge in [-0.25, -0.2) is 0 Å². The van der Waals surface area contributed by atoms with Gasteiger partial charge in [-0.15, -0.1) is 0 Å². The maximum Gasteiger partial charge on any atom is 1.00 e. The van der Waals surface area contributed by atoms with Crippen molar-refractivity contribution in [3.05, 3.63) is 0 Å². The fourth-order valence-corrected chi connectivity index (χ4v) is 2.20. The van der Waals surface area contributed by atoms with Gasteiger partial charge in [-0.3, -0.25) is 18.9 Å². The molecular formula is C7H12NaO9P. The predicted molar refractivity (Wildman–Crippen MR) is 52.6 cm³/mol. The molecule has 100 valence electrons. The normalized spacial score (nSPS) is 14.1. The molecule has 0 heterocycles. The van der Waals surface area contributed by atoms with Crippen molar-refractivity contribution < 1.29 is 75.0 Å². The van der Waals surface area contributed by atoms with Gasteiger partial charge in [0.25, 0.3) is 0 Å². The van der Waals surface area contributed by atoms with E-state index < -0.39 is 49.9 Å². The van der Waals surface area contributed by atoms with Crippen molar-refractivity contribution in [1.29, 1.82) is 0 Å². The second-order valence-corrected chi connectivity index (χ2v) is 5.29. The van der Waals surface area contributed by atoms with Crippen molar-refractivity contribution in [1.82, 2.24) is 0 Å². The van der Waals surface area contributed by atoms with E-state index in [-0.39, 0.29) is 31.0 Å². The average Bonchev–Trinajstić information content (AvgIpc) is 2.08. The number of aliphatic carboxylic acids is 3. The topological polar surface area (TPSA) is 169 Å². The molecule has 1 atom stereocenters. The van der Waals surface area contributed by atoms with E-state index in [4.69, 9.17) is 25.1 Å². The molecule has 0 radical (unpaired) electrons. The molecule has 0 saturated heterocycles. The first-order valence-electron chi connectivity index (χ1n) is 4.25. The van der Waals surface area contributed by atoms with Crippen LogP contribution in [-0.2, 0) is 18.9 Å². The predicted octanol–water partition coefficient (Wildman–Crippen LogP) is -3.56. The standard InChI is InChI=1S/C7H11O9P.Na.H/c8-4(9)1-2-7(6(12)13,3-5(10)11)17(14,15)16;;/h1-3H2,(H,8,9)(H,10,11)(H,12,13)(H2,14,15,16);;/q;+1;-1. The van der Waals surface area contributed by atoms with Gasteiger partial charge in [0.05, 0.1) is 6.42 Å². The van der Waals surface area contributed by atoms with Crippen LogP contribution in [-0.4, -0.2) is 48.2 Å². The Morgan fingerprint density at radius 2 is 1.50 bits per heavy atom. The quantitative estimate of drug-likeness (QED) is 0.235. The molecule has 18 heavy (non-hydrogen) atoms. The second kappa shape index (κ2) is 7.22. The molecule has 5 N–H and O–H groups in total. The summed E-state index contributed by atoms with van der Waals surface area (Å²) in [6.07, 6.45) is -3.17. The van der Waals surface area contributed by atoms with Crippen LogP contribution in [0.25, 0.3) is 0 Å². The van der Waals surface area contributed by atoms with Crippen LogP contribution >= 0.6 is 7.60 Å². The molecule has 11 heteroatoms. The van der Waals surface area contributed by atoms with Crippen LogP contribution in [0.4, 0.5) is 0 Å². The molecular weight excluding hydrogens is 282 g/mol. The first-order valence-corrected chi connectivity index (χ1v) is 5.87. The first-order chi connectivity index (χ1) is 7.53. The summed E-state index contributed by atoms with van der Waals surface area (Å²) < 4.78 is 11.1. The minimum absolute atomic E-state index is 0. The van der Waals surface area contributed by atoms with Gasteiger partial charge in [0.2, 0.25) is 0 Å². The van der Waals surface area contributed by atoms with Crippen LogP contribution in [0.1, 0.15) is 20.7 Å². The summed E-state index contributed by atoms with van der Waals surface area (Å²) in [5, 5.41) is 22.7. The molecule has 0 bridgehead atoms. The Labute approximate surface area is 125 Å². The molecule has 0 spiro atoms. The van der Waals surface area contributed by atoms with Gasteiger partial charge in [0, 0.05) is 6.42 Å². The summed E-state index contributed by atoms with van der Waals surface area (Å²) in [5.41, 5.74) is 0. The number of hydrogen-bond donors (Lipinski definition) is 5. The number of hydrogen-bond acceptors (Lipinski definition) is 4. The van der Waals surface area contributed by atoms with E-state index in [1.807, 2.05) is 0 Å². The van der Waals surface area contributed by atoms with Crippen molar-refractivity contribution in [2.24, 2.45) is 0 Å². The van der Waals surface area contributed by atoms with Crippen molar-refractivity contribution in [3.63, 3.8) is 0 Å². The number of carboxylic acid groups (broad SMARTS) is 3. The van der Waals surface area contributed by atoms with Gasteiger partial charge in [-0.05, 0) is 6.42 Å². The first kappa shape index (κ1) is 19.9. The van der Waals surface area contributed by atoms with E-state index in [9.17, 15) is 18.9 Å². The van der Waals surface area contributed by atoms with Crippen LogP contribution < -0.4 is 29.6 Å². The molecule has 0 aliphatic heterocycles. The fourth-order valence-electron chi connectivity index (χ4n) is 1.21. The van der Waals surface area contributed by atoms with Crippen LogP contribution in [0.3, 0.4) is 0 Å². The van der Waals surface area contributed by atoms with Crippen LogP contribution in [0.15, 0.2) is 0 Å². The third-order valence-corrected chi connectivity index (χ3v) is 3.84. The Kier molecular flexibility index (Phi) is 7.98. The van der Waals surface area contributed by atoms with Crippen LogP contribution in [0.2, 0.25) is 0 Å². The molecule has 0 aliphatic rings. The van der Waals surface area contributed by atoms with E-state index in [1.165, 1.54) is 0 Å². The minimum Gasteiger partial charge on any atom is -1.00 e. The zero-order valence-corrected chi connectivity index (χ0v) is 12.3. The Morgan fingerprint density at radius 1 is 1.06 bits per heavy atom. The van der Waals surface area contributed by atoms with Gasteiger partial charge in [-0.1, -0.05) is 0 Å². The van der Waals surface area contributed by atoms with Crippen molar-refractivity contribution in [2.45, 2.75) is 24.4 Å². The number of carboxylic acids is 3. The molecule has 1 unspecified atom stereocenters. The Morgan fingerprint density at radius 3 is 1.72 bits per heavy atom. The molecule has 0 aliphatic carbocycles. The summed E-state index contributed by atoms with van der Waals surface area (Å²) in [6, 6.07) is 0. The Bertz CT molecular complexity index is 394. The smallest absolute Gasteiger partial charge is 1.00 e. The van der Waals surface area contributed by atoms with Gasteiger partial charge in [-0.2, -0.15) is 0 Å². The average molecular weight is 294 g/mol. The van der Waals surface area contributed by atoms with E-state index in [2.05, 4.69) is 0 Å². The summed E-state index contributed by atoms with van der Waals surface area (Å²) >= 11 is 0. The third-order valence-electron chi connectivity index (χ3n) is 2.15. The number of rotatable bonds is 7. The summed E-state index contributed by atoms with van der Waals surface area (Å²) in [6.45, 7) is 0. The third kappa shape index (κ3) is 5.05. The Balaban J connectivity index is -0.00000128. The maximum absolute atomic E-state index is 11.1. The van der Waals surface area contributed by atoms with E-state index in [1.54, 1.807) is 0 Å². The zero-order chi connectivity index (χ0) is 13.9. The summed E-state index contributed by atoms with van der Waals surface area (Å²) in [7, 11) is -5.32. The molecule has 0 rings (SSSR count). The van der Waals surface area contributed by atoms with Crippen molar-refractivity contribution in [2.75, 3.05) is 0 Å². The molecule has 0 aromatic heterocycles. The second-order valence-electron chi connectivity index (χ2n) is 3.35. The largest absolute Gasteiger partial charge is 1.00 e. The van der Waals surface area contributed by atoms with Gasteiger partial charge in [0.15, 0.2) is 5.16 Å². The van der Waals surface area contributed by atoms with Crippen LogP contribution in [0.5, 0.6) is 0 Å². The SMILES string of the molecule is O=C(O)CCC(CC(=O)O)(C(=O)O)P(=O)(O)O.[H-].[Na+]. The van der Waals surface area contributed by atoms with E-state index >= 15 is 0 Å². The van der Waals surface area contributed by atoms with Gasteiger partial charge in [0.1, 0.15) is 0 Å². The monoisotopic (exact) mass is 294 g/mol. The summed E-state index contributed by atoms with van der Waals surface area (Å²) in [5.74, 6) is -5.25. The van der Waals surface area contributed by atoms with E-state index in [0.29, 0.717) is 0 Å². The molecule has 9 nitrogen and oxygen atoms in total. The van der Waals surface area contributed by atoms with E-state index in [0.717, 1.165) is 0 Å². The fraction of sp³-hybridized carbons (Fsp3) is 0.571.